The van der Waals surface area contributed by atoms with Crippen molar-refractivity contribution in [1.82, 2.24) is 0 Å². The Labute approximate surface area is 47.8 Å². The fraction of sp³-hybridized carbons (Fsp3) is 0.833. The van der Waals surface area contributed by atoms with E-state index in [0.29, 0.717) is 11.7 Å². The number of rotatable bonds is 0. The van der Waals surface area contributed by atoms with E-state index in [-0.39, 0.29) is 6.10 Å². The lowest BCUT2D eigenvalue weighted by Gasteiger charge is -2.06. The Morgan fingerprint density at radius 3 is 2.75 bits per heavy atom. The van der Waals surface area contributed by atoms with Crippen LogP contribution in [0.5, 0.6) is 0 Å². The molecule has 2 heteroatoms. The van der Waals surface area contributed by atoms with E-state index in [0.717, 1.165) is 19.4 Å². The van der Waals surface area contributed by atoms with Crippen LogP contribution in [0.15, 0.2) is 0 Å². The van der Waals surface area contributed by atoms with Gasteiger partial charge in [0.15, 0.2) is 5.78 Å². The van der Waals surface area contributed by atoms with Crippen molar-refractivity contribution in [3.8, 4) is 0 Å². The molecule has 44 valence electrons. The summed E-state index contributed by atoms with van der Waals surface area (Å²) >= 11 is 0. The monoisotopic (exact) mass is 112 g/mol. The van der Waals surface area contributed by atoms with Crippen molar-refractivity contribution in [2.75, 3.05) is 6.61 Å². The van der Waals surface area contributed by atoms with E-state index in [1.807, 2.05) is 0 Å². The summed E-state index contributed by atoms with van der Waals surface area (Å²) in [5.41, 5.74) is 0. The first-order valence-corrected chi connectivity index (χ1v) is 3.00. The Morgan fingerprint density at radius 2 is 2.50 bits per heavy atom. The maximum atomic E-state index is 10.7. The zero-order valence-corrected chi connectivity index (χ0v) is 4.59. The summed E-state index contributed by atoms with van der Waals surface area (Å²) in [5, 5.41) is 0. The van der Waals surface area contributed by atoms with Gasteiger partial charge in [-0.15, -0.1) is 0 Å². The summed E-state index contributed by atoms with van der Waals surface area (Å²) in [6.45, 7) is 0.830. The molecule has 1 saturated carbocycles. The highest BCUT2D eigenvalue weighted by Crippen LogP contribution is 2.31. The molecule has 2 rings (SSSR count). The van der Waals surface area contributed by atoms with Gasteiger partial charge in [-0.1, -0.05) is 0 Å². The Bertz CT molecular complexity index is 130. The quantitative estimate of drug-likeness (QED) is 0.452. The van der Waals surface area contributed by atoms with Gasteiger partial charge in [-0.05, 0) is 12.3 Å². The van der Waals surface area contributed by atoms with Gasteiger partial charge in [-0.25, -0.2) is 0 Å². The predicted molar refractivity (Wildman–Crippen MR) is 27.5 cm³/mol. The van der Waals surface area contributed by atoms with E-state index >= 15 is 0 Å². The smallest absolute Gasteiger partial charge is 0.161 e. The number of hydrogen-bond donors (Lipinski definition) is 0. The maximum absolute atomic E-state index is 10.7. The maximum Gasteiger partial charge on any atom is 0.161 e. The number of carbonyl (C=O) groups is 1. The molecular formula is C6H8O2. The molecule has 0 aromatic carbocycles. The molecule has 0 radical (unpaired) electrons. The Kier molecular flexibility index (Phi) is 0.742. The van der Waals surface area contributed by atoms with Crippen molar-refractivity contribution in [3.05, 3.63) is 0 Å². The minimum absolute atomic E-state index is 0.000000000000000222. The summed E-state index contributed by atoms with van der Waals surface area (Å²) in [6, 6.07) is 0. The summed E-state index contributed by atoms with van der Waals surface area (Å²) in [4.78, 5) is 10.7. The van der Waals surface area contributed by atoms with Gasteiger partial charge in [0, 0.05) is 6.42 Å². The second-order valence-electron chi connectivity index (χ2n) is 2.59. The fourth-order valence-corrected chi connectivity index (χ4v) is 1.47. The molecule has 8 heavy (non-hydrogen) atoms. The molecule has 2 nitrogen and oxygen atoms in total. The largest absolute Gasteiger partial charge is 0.370 e. The molecule has 0 aromatic rings. The molecule has 2 atom stereocenters. The van der Waals surface area contributed by atoms with Crippen LogP contribution in [-0.2, 0) is 9.53 Å². The lowest BCUT2D eigenvalue weighted by molar-refractivity contribution is -0.129. The summed E-state index contributed by atoms with van der Waals surface area (Å²) in [6.07, 6.45) is 1.78. The number of ketones is 1. The summed E-state index contributed by atoms with van der Waals surface area (Å²) < 4.78 is 5.11. The zero-order valence-electron chi connectivity index (χ0n) is 4.59. The van der Waals surface area contributed by atoms with Gasteiger partial charge < -0.3 is 4.74 Å². The fourth-order valence-electron chi connectivity index (χ4n) is 1.47. The van der Waals surface area contributed by atoms with Gasteiger partial charge in [0.1, 0.15) is 6.10 Å². The molecule has 1 heterocycles. The van der Waals surface area contributed by atoms with Crippen LogP contribution >= 0.6 is 0 Å². The second kappa shape index (κ2) is 1.32. The minimum atomic E-state index is -0.000000000000000222. The SMILES string of the molecule is O=C1CC2COC1C2. The van der Waals surface area contributed by atoms with Crippen molar-refractivity contribution in [2.45, 2.75) is 18.9 Å². The highest BCUT2D eigenvalue weighted by Gasteiger charge is 2.39. The van der Waals surface area contributed by atoms with Gasteiger partial charge in [0.05, 0.1) is 6.61 Å². The average Bonchev–Trinajstić information content (AvgIpc) is 2.23. The average molecular weight is 112 g/mol. The van der Waals surface area contributed by atoms with Crippen molar-refractivity contribution in [2.24, 2.45) is 5.92 Å². The first-order chi connectivity index (χ1) is 3.86. The van der Waals surface area contributed by atoms with Gasteiger partial charge in [-0.3, -0.25) is 4.79 Å². The molecule has 1 aliphatic carbocycles. The van der Waals surface area contributed by atoms with Crippen LogP contribution in [0.2, 0.25) is 0 Å². The molecule has 0 N–H and O–H groups in total. The number of fused-ring (bicyclic) bond motifs is 2. The lowest BCUT2D eigenvalue weighted by Crippen LogP contribution is -2.18. The van der Waals surface area contributed by atoms with Crippen molar-refractivity contribution < 1.29 is 9.53 Å². The van der Waals surface area contributed by atoms with Crippen LogP contribution in [0, 0.1) is 5.92 Å². The van der Waals surface area contributed by atoms with E-state index < -0.39 is 0 Å². The molecule has 0 amide bonds. The third kappa shape index (κ3) is 0.436. The van der Waals surface area contributed by atoms with E-state index in [9.17, 15) is 4.79 Å². The van der Waals surface area contributed by atoms with Gasteiger partial charge in [0.25, 0.3) is 0 Å². The van der Waals surface area contributed by atoms with Crippen LogP contribution in [0.4, 0.5) is 0 Å². The van der Waals surface area contributed by atoms with Crippen molar-refractivity contribution in [1.29, 1.82) is 0 Å². The molecule has 0 spiro atoms. The van der Waals surface area contributed by atoms with Crippen molar-refractivity contribution in [3.63, 3.8) is 0 Å². The van der Waals surface area contributed by atoms with Crippen LogP contribution in [0.3, 0.4) is 0 Å². The second-order valence-corrected chi connectivity index (χ2v) is 2.59. The van der Waals surface area contributed by atoms with E-state index in [1.165, 1.54) is 0 Å². The zero-order chi connectivity index (χ0) is 5.56. The third-order valence-electron chi connectivity index (χ3n) is 1.93. The minimum Gasteiger partial charge on any atom is -0.370 e. The molecular weight excluding hydrogens is 104 g/mol. The molecule has 2 unspecified atom stereocenters. The molecule has 1 aliphatic heterocycles. The number of Topliss-reactive ketones (excluding diaryl/α,β-unsaturated/α-hetero) is 1. The first-order valence-electron chi connectivity index (χ1n) is 3.00. The Balaban J connectivity index is 2.22. The summed E-state index contributed by atoms with van der Waals surface area (Å²) in [7, 11) is 0. The summed E-state index contributed by atoms with van der Waals surface area (Å²) in [5.74, 6) is 0.897. The molecule has 1 saturated heterocycles. The van der Waals surface area contributed by atoms with E-state index in [4.69, 9.17) is 4.74 Å². The van der Waals surface area contributed by atoms with E-state index in [1.54, 1.807) is 0 Å². The molecule has 2 fully saturated rings. The molecule has 2 aliphatic rings. The Hall–Kier alpha value is -0.370. The molecule has 2 bridgehead atoms. The van der Waals surface area contributed by atoms with Crippen LogP contribution in [0.1, 0.15) is 12.8 Å². The number of ether oxygens (including phenoxy) is 1. The topological polar surface area (TPSA) is 26.3 Å². The van der Waals surface area contributed by atoms with Crippen LogP contribution in [0.25, 0.3) is 0 Å². The highest BCUT2D eigenvalue weighted by atomic mass is 16.5. The van der Waals surface area contributed by atoms with Gasteiger partial charge in [0.2, 0.25) is 0 Å². The highest BCUT2D eigenvalue weighted by molar-refractivity contribution is 5.86. The van der Waals surface area contributed by atoms with Gasteiger partial charge >= 0.3 is 0 Å². The van der Waals surface area contributed by atoms with Crippen LogP contribution < -0.4 is 0 Å². The van der Waals surface area contributed by atoms with Crippen LogP contribution in [-0.4, -0.2) is 18.5 Å². The third-order valence-corrected chi connectivity index (χ3v) is 1.93. The predicted octanol–water partition coefficient (Wildman–Crippen LogP) is 0.364. The number of carbonyl (C=O) groups excluding carboxylic acids is 1. The normalized spacial score (nSPS) is 43.8. The standard InChI is InChI=1S/C6H8O2/c7-5-1-4-2-6(5)8-3-4/h4,6H,1-3H2. The van der Waals surface area contributed by atoms with Crippen molar-refractivity contribution >= 4 is 5.78 Å². The first kappa shape index (κ1) is 4.50. The van der Waals surface area contributed by atoms with Gasteiger partial charge in [-0.2, -0.15) is 0 Å². The molecule has 0 aromatic heterocycles. The lowest BCUT2D eigenvalue weighted by atomic mass is 10.1. The van der Waals surface area contributed by atoms with E-state index in [2.05, 4.69) is 0 Å². The number of hydrogen-bond acceptors (Lipinski definition) is 2. The Morgan fingerprint density at radius 1 is 1.62 bits per heavy atom.